The summed E-state index contributed by atoms with van der Waals surface area (Å²) in [7, 11) is 1.80. The maximum Gasteiger partial charge on any atom is 0.309 e. The Kier molecular flexibility index (Phi) is 16.8. The average molecular weight is 836 g/mol. The molecule has 2 amide bonds. The Morgan fingerprint density at radius 2 is 1.50 bits per heavy atom. The fourth-order valence-corrected chi connectivity index (χ4v) is 8.98. The van der Waals surface area contributed by atoms with Gasteiger partial charge in [0.05, 0.1) is 18.3 Å². The third kappa shape index (κ3) is 11.8. The van der Waals surface area contributed by atoms with E-state index < -0.39 is 23.9 Å². The van der Waals surface area contributed by atoms with E-state index in [4.69, 9.17) is 19.2 Å². The topological polar surface area (TPSA) is 124 Å². The molecule has 1 aromatic heterocycles. The molecule has 320 valence electrons. The van der Waals surface area contributed by atoms with Gasteiger partial charge in [0.25, 0.3) is 5.91 Å². The fourth-order valence-electron chi connectivity index (χ4n) is 8.12. The number of esters is 2. The van der Waals surface area contributed by atoms with E-state index in [1.54, 1.807) is 24.3 Å². The summed E-state index contributed by atoms with van der Waals surface area (Å²) in [6, 6.07) is 25.6. The monoisotopic (exact) mass is 835 g/mol. The second-order valence-corrected chi connectivity index (χ2v) is 17.3. The van der Waals surface area contributed by atoms with Crippen molar-refractivity contribution >= 4 is 35.1 Å². The van der Waals surface area contributed by atoms with Crippen LogP contribution in [0.3, 0.4) is 0 Å². The SMILES string of the molecule is C=CCOC(=O)[C@@H](C)C[C@H](Cc1ccccc1)NC(=O)c1csc([C@@H](C[C@H](C(C)C)N(C)C(=O)[C@@H](CC(=O)OCC2c3ccccc3-c3ccccc32)C(C)C)OCC)n1. The molecule has 5 atom stereocenters. The van der Waals surface area contributed by atoms with Crippen molar-refractivity contribution < 1.29 is 33.4 Å². The molecule has 3 aromatic carbocycles. The summed E-state index contributed by atoms with van der Waals surface area (Å²) in [5.74, 6) is -2.37. The number of fused-ring (bicyclic) bond motifs is 3. The van der Waals surface area contributed by atoms with Crippen LogP contribution in [0.2, 0.25) is 0 Å². The van der Waals surface area contributed by atoms with Gasteiger partial charge in [-0.2, -0.15) is 0 Å². The minimum Gasteiger partial charge on any atom is -0.465 e. The van der Waals surface area contributed by atoms with E-state index in [1.165, 1.54) is 17.4 Å². The smallest absolute Gasteiger partial charge is 0.309 e. The second kappa shape index (κ2) is 21.9. The quantitative estimate of drug-likeness (QED) is 0.0614. The summed E-state index contributed by atoms with van der Waals surface area (Å²) >= 11 is 1.34. The summed E-state index contributed by atoms with van der Waals surface area (Å²) in [5, 5.41) is 5.47. The lowest BCUT2D eigenvalue weighted by atomic mass is 9.88. The van der Waals surface area contributed by atoms with Crippen molar-refractivity contribution in [3.63, 3.8) is 0 Å². The molecule has 0 unspecified atom stereocenters. The Bertz CT molecular complexity index is 2020. The Morgan fingerprint density at radius 1 is 0.867 bits per heavy atom. The zero-order valence-electron chi connectivity index (χ0n) is 36.1. The largest absolute Gasteiger partial charge is 0.465 e. The molecule has 4 aromatic rings. The number of nitrogens with one attached hydrogen (secondary N) is 1. The van der Waals surface area contributed by atoms with Gasteiger partial charge in [-0.05, 0) is 59.4 Å². The van der Waals surface area contributed by atoms with Crippen LogP contribution in [0.5, 0.6) is 0 Å². The number of hydrogen-bond acceptors (Lipinski definition) is 9. The van der Waals surface area contributed by atoms with Gasteiger partial charge in [0.2, 0.25) is 5.91 Å². The third-order valence-electron chi connectivity index (χ3n) is 11.4. The normalized spacial score (nSPS) is 14.7. The molecule has 1 aliphatic rings. The van der Waals surface area contributed by atoms with Gasteiger partial charge in [0.1, 0.15) is 30.0 Å². The van der Waals surface area contributed by atoms with Crippen LogP contribution < -0.4 is 5.32 Å². The number of aromatic nitrogens is 1. The van der Waals surface area contributed by atoms with E-state index in [1.807, 2.05) is 75.4 Å². The molecule has 0 spiro atoms. The maximum atomic E-state index is 14.3. The van der Waals surface area contributed by atoms with Gasteiger partial charge in [-0.1, -0.05) is 126 Å². The van der Waals surface area contributed by atoms with E-state index in [9.17, 15) is 19.2 Å². The molecule has 60 heavy (non-hydrogen) atoms. The number of ether oxygens (including phenoxy) is 3. The highest BCUT2D eigenvalue weighted by Gasteiger charge is 2.36. The minimum atomic E-state index is -0.581. The first kappa shape index (κ1) is 45.9. The number of carbonyl (C=O) groups is 4. The zero-order valence-corrected chi connectivity index (χ0v) is 36.9. The highest BCUT2D eigenvalue weighted by Crippen LogP contribution is 2.44. The predicted molar refractivity (Wildman–Crippen MR) is 236 cm³/mol. The van der Waals surface area contributed by atoms with Crippen LogP contribution in [0.1, 0.15) is 105 Å². The second-order valence-electron chi connectivity index (χ2n) is 16.4. The van der Waals surface area contributed by atoms with Crippen molar-refractivity contribution in [3.05, 3.63) is 124 Å². The van der Waals surface area contributed by atoms with E-state index >= 15 is 0 Å². The molecular weight excluding hydrogens is 775 g/mol. The molecule has 11 heteroatoms. The van der Waals surface area contributed by atoms with Crippen molar-refractivity contribution in [2.75, 3.05) is 26.9 Å². The van der Waals surface area contributed by atoms with E-state index in [-0.39, 0.29) is 72.9 Å². The lowest BCUT2D eigenvalue weighted by Crippen LogP contribution is -2.46. The van der Waals surface area contributed by atoms with E-state index in [0.717, 1.165) is 27.8 Å². The third-order valence-corrected chi connectivity index (χ3v) is 12.3. The summed E-state index contributed by atoms with van der Waals surface area (Å²) in [6.07, 6.45) is 2.37. The number of nitrogens with zero attached hydrogens (tertiary/aromatic N) is 2. The van der Waals surface area contributed by atoms with E-state index in [2.05, 4.69) is 50.0 Å². The lowest BCUT2D eigenvalue weighted by Gasteiger charge is -2.36. The molecule has 0 radical (unpaired) electrons. The number of hydrogen-bond donors (Lipinski definition) is 1. The zero-order chi connectivity index (χ0) is 43.3. The van der Waals surface area contributed by atoms with E-state index in [0.29, 0.717) is 30.9 Å². The molecular formula is C49H61N3O7S. The minimum absolute atomic E-state index is 0.0262. The number of thiazole rings is 1. The van der Waals surface area contributed by atoms with Gasteiger partial charge in [-0.3, -0.25) is 19.2 Å². The molecule has 0 fully saturated rings. The number of rotatable bonds is 22. The van der Waals surface area contributed by atoms with Gasteiger partial charge in [-0.25, -0.2) is 4.98 Å². The van der Waals surface area contributed by atoms with Crippen LogP contribution in [0.15, 0.2) is 96.9 Å². The van der Waals surface area contributed by atoms with Crippen LogP contribution in [0, 0.1) is 23.7 Å². The fraction of sp³-hybridized carbons (Fsp3) is 0.449. The summed E-state index contributed by atoms with van der Waals surface area (Å²) in [5.41, 5.74) is 5.88. The Morgan fingerprint density at radius 3 is 2.10 bits per heavy atom. The molecule has 1 N–H and O–H groups in total. The highest BCUT2D eigenvalue weighted by molar-refractivity contribution is 7.09. The van der Waals surface area contributed by atoms with Gasteiger partial charge in [0, 0.05) is 43.5 Å². The molecule has 0 aliphatic heterocycles. The first-order valence-electron chi connectivity index (χ1n) is 21.1. The predicted octanol–water partition coefficient (Wildman–Crippen LogP) is 9.21. The average Bonchev–Trinajstić information content (AvgIpc) is 3.86. The highest BCUT2D eigenvalue weighted by atomic mass is 32.1. The van der Waals surface area contributed by atoms with Crippen molar-refractivity contribution in [3.8, 4) is 11.1 Å². The Balaban J connectivity index is 1.24. The molecule has 0 bridgehead atoms. The first-order valence-corrected chi connectivity index (χ1v) is 22.0. The van der Waals surface area contributed by atoms with Gasteiger partial charge in [0.15, 0.2) is 0 Å². The summed E-state index contributed by atoms with van der Waals surface area (Å²) < 4.78 is 17.5. The molecule has 1 heterocycles. The van der Waals surface area contributed by atoms with Crippen LogP contribution >= 0.6 is 11.3 Å². The van der Waals surface area contributed by atoms with Gasteiger partial charge in [-0.15, -0.1) is 11.3 Å². The Labute approximate surface area is 359 Å². The standard InChI is InChI=1S/C49H61N3O7S/c1-9-24-58-49(56)33(7)25-35(26-34-18-12-11-13-19-34)50-46(54)42-30-60-47(51-42)44(57-10-2)28-43(32(5)6)52(8)48(55)40(31(3)4)27-45(53)59-29-41-38-22-16-14-20-36(38)37-21-15-17-23-39(37)41/h9,11-23,30-33,35,40-41,43-44H,1,10,24-29H2,2-8H3,(H,50,54)/t33-,35+,40-,43+,44+/m0/s1. The van der Waals surface area contributed by atoms with Gasteiger partial charge >= 0.3 is 11.9 Å². The summed E-state index contributed by atoms with van der Waals surface area (Å²) in [6.45, 7) is 16.1. The van der Waals surface area contributed by atoms with Crippen molar-refractivity contribution in [2.24, 2.45) is 23.7 Å². The first-order chi connectivity index (χ1) is 28.8. The Hall–Kier alpha value is -5.13. The summed E-state index contributed by atoms with van der Waals surface area (Å²) in [4.78, 5) is 60.6. The molecule has 5 rings (SSSR count). The number of benzene rings is 3. The molecule has 0 saturated carbocycles. The van der Waals surface area contributed by atoms with Crippen LogP contribution in [0.4, 0.5) is 0 Å². The van der Waals surface area contributed by atoms with Crippen LogP contribution in [-0.4, -0.2) is 72.6 Å². The number of carbonyl (C=O) groups excluding carboxylic acids is 4. The van der Waals surface area contributed by atoms with Crippen molar-refractivity contribution in [1.29, 1.82) is 0 Å². The molecule has 10 nitrogen and oxygen atoms in total. The van der Waals surface area contributed by atoms with Crippen LogP contribution in [0.25, 0.3) is 11.1 Å². The lowest BCUT2D eigenvalue weighted by molar-refractivity contribution is -0.151. The molecule has 1 aliphatic carbocycles. The molecule has 0 saturated heterocycles. The maximum absolute atomic E-state index is 14.3. The van der Waals surface area contributed by atoms with Crippen LogP contribution in [-0.2, 0) is 35.0 Å². The van der Waals surface area contributed by atoms with Crippen molar-refractivity contribution in [1.82, 2.24) is 15.2 Å². The van der Waals surface area contributed by atoms with Crippen molar-refractivity contribution in [2.45, 2.75) is 91.3 Å². The van der Waals surface area contributed by atoms with Gasteiger partial charge < -0.3 is 24.4 Å². The number of amides is 2.